The van der Waals surface area contributed by atoms with Crippen molar-refractivity contribution in [3.05, 3.63) is 76.3 Å². The number of aryl methyl sites for hydroxylation is 1. The second-order valence-electron chi connectivity index (χ2n) is 13.5. The van der Waals surface area contributed by atoms with E-state index in [1.807, 2.05) is 17.9 Å². The van der Waals surface area contributed by atoms with E-state index in [9.17, 15) is 22.8 Å². The molecule has 0 unspecified atom stereocenters. The van der Waals surface area contributed by atoms with Gasteiger partial charge in [0.1, 0.15) is 17.1 Å². The number of halogens is 1. The molecule has 3 rings (SSSR count). The third-order valence-corrected chi connectivity index (χ3v) is 10.2. The molecule has 0 aliphatic heterocycles. The van der Waals surface area contributed by atoms with E-state index in [0.29, 0.717) is 24.3 Å². The minimum absolute atomic E-state index is 0.00777. The molecule has 0 saturated heterocycles. The van der Waals surface area contributed by atoms with E-state index in [1.54, 1.807) is 37.3 Å². The van der Waals surface area contributed by atoms with E-state index in [1.165, 1.54) is 77.4 Å². The number of likely N-dealkylation sites (N-methyl/N-ethyl adjacent to an activating group) is 1. The third kappa shape index (κ3) is 14.6. The van der Waals surface area contributed by atoms with Crippen LogP contribution in [0, 0.1) is 6.92 Å². The lowest BCUT2D eigenvalue weighted by molar-refractivity contribution is -0.110. The van der Waals surface area contributed by atoms with E-state index < -0.39 is 33.4 Å². The van der Waals surface area contributed by atoms with Crippen molar-refractivity contribution in [1.29, 1.82) is 0 Å². The summed E-state index contributed by atoms with van der Waals surface area (Å²) >= 11 is 6.50. The largest absolute Gasteiger partial charge is 0.496 e. The van der Waals surface area contributed by atoms with E-state index in [-0.39, 0.29) is 46.5 Å². The molecule has 0 aromatic heterocycles. The number of unbranched alkanes of at least 4 members (excludes halogenated alkanes) is 9. The summed E-state index contributed by atoms with van der Waals surface area (Å²) in [7, 11) is -0.545. The quantitative estimate of drug-likeness (QED) is 0.0281. The minimum Gasteiger partial charge on any atom is -0.496 e. The van der Waals surface area contributed by atoms with Crippen molar-refractivity contribution >= 4 is 62.1 Å². The summed E-state index contributed by atoms with van der Waals surface area (Å²) in [6, 6.07) is 14.5. The lowest BCUT2D eigenvalue weighted by Gasteiger charge is -2.24. The summed E-state index contributed by atoms with van der Waals surface area (Å²) in [5.74, 6) is -1.86. The number of esters is 1. The number of nitrogens with zero attached hydrogens (tertiary/aromatic N) is 2. The molecule has 1 amide bonds. The molecule has 0 radical (unpaired) electrons. The van der Waals surface area contributed by atoms with Crippen LogP contribution in [0.3, 0.4) is 0 Å². The number of anilines is 2. The van der Waals surface area contributed by atoms with Gasteiger partial charge >= 0.3 is 5.97 Å². The van der Waals surface area contributed by atoms with Crippen molar-refractivity contribution in [2.45, 2.75) is 85.0 Å². The molecule has 2 N–H and O–H groups in total. The fraction of sp³-hybridized carbons (Fsp3) is 0.476. The highest BCUT2D eigenvalue weighted by Crippen LogP contribution is 2.32. The van der Waals surface area contributed by atoms with Gasteiger partial charge in [0.25, 0.3) is 5.91 Å². The normalized spacial score (nSPS) is 11.6. The van der Waals surface area contributed by atoms with E-state index in [0.717, 1.165) is 31.2 Å². The number of rotatable bonds is 25. The molecule has 56 heavy (non-hydrogen) atoms. The fourth-order valence-electron chi connectivity index (χ4n) is 6.08. The van der Waals surface area contributed by atoms with Crippen molar-refractivity contribution in [1.82, 2.24) is 4.72 Å². The van der Waals surface area contributed by atoms with Crippen LogP contribution < -0.4 is 24.4 Å². The second-order valence-corrected chi connectivity index (χ2v) is 15.8. The van der Waals surface area contributed by atoms with Crippen LogP contribution in [0.2, 0.25) is 5.02 Å². The van der Waals surface area contributed by atoms with Gasteiger partial charge in [0.15, 0.2) is 5.71 Å². The number of carbonyl (C=O) groups is 3. The number of carbonyl (C=O) groups excluding carboxylic acids is 3. The zero-order chi connectivity index (χ0) is 41.1. The molecule has 12 nitrogen and oxygen atoms in total. The molecule has 0 spiro atoms. The number of nitrogens with one attached hydrogen (secondary N) is 2. The molecule has 0 atom stereocenters. The molecule has 14 heteroatoms. The molecule has 0 fully saturated rings. The van der Waals surface area contributed by atoms with Gasteiger partial charge in [-0.2, -0.15) is 0 Å². The Hall–Kier alpha value is -4.46. The van der Waals surface area contributed by atoms with Gasteiger partial charge in [-0.05, 0) is 74.4 Å². The van der Waals surface area contributed by atoms with Crippen molar-refractivity contribution in [3.8, 4) is 11.5 Å². The topological polar surface area (TPSA) is 153 Å². The Labute approximate surface area is 337 Å². The number of hydrogen-bond donors (Lipinski definition) is 2. The van der Waals surface area contributed by atoms with Crippen LogP contribution in [0.5, 0.6) is 11.5 Å². The Morgan fingerprint density at radius 1 is 0.839 bits per heavy atom. The Morgan fingerprint density at radius 2 is 1.46 bits per heavy atom. The highest BCUT2D eigenvalue weighted by Gasteiger charge is 2.29. The van der Waals surface area contributed by atoms with E-state index in [2.05, 4.69) is 22.0 Å². The number of benzene rings is 3. The maximum absolute atomic E-state index is 14.3. The number of Topliss-reactive ketones (excluding diaryl/α,β-unsaturated/α-hetero) is 1. The van der Waals surface area contributed by atoms with Gasteiger partial charge in [-0.25, -0.2) is 22.9 Å². The first-order valence-corrected chi connectivity index (χ1v) is 21.5. The summed E-state index contributed by atoms with van der Waals surface area (Å²) < 4.78 is 42.1. The van der Waals surface area contributed by atoms with Crippen LogP contribution in [0.4, 0.5) is 17.1 Å². The molecule has 3 aromatic carbocycles. The summed E-state index contributed by atoms with van der Waals surface area (Å²) in [5.41, 5.74) is 1.56. The molecule has 306 valence electrons. The number of ether oxygens (including phenoxy) is 3. The maximum atomic E-state index is 14.3. The van der Waals surface area contributed by atoms with Crippen LogP contribution in [0.15, 0.2) is 59.6 Å². The van der Waals surface area contributed by atoms with Gasteiger partial charge < -0.3 is 24.4 Å². The molecule has 0 bridgehead atoms. The highest BCUT2D eigenvalue weighted by atomic mass is 35.5. The molecule has 0 aliphatic carbocycles. The van der Waals surface area contributed by atoms with Gasteiger partial charge in [0, 0.05) is 25.3 Å². The first-order chi connectivity index (χ1) is 26.8. The molecule has 0 saturated carbocycles. The van der Waals surface area contributed by atoms with Gasteiger partial charge in [-0.15, -0.1) is 0 Å². The SMILES string of the molecule is CCCCCCCCCCCCOC(=O)c1ccc(Cl)c(NC(=O)/C(=N/c2ccc(N(CC)CCNS(C)(=O)=O)cc2C)C(=O)c2c(OC)cccc2OC)c1. The van der Waals surface area contributed by atoms with Crippen molar-refractivity contribution in [2.24, 2.45) is 4.99 Å². The van der Waals surface area contributed by atoms with Gasteiger partial charge in [0.05, 0.1) is 49.0 Å². The monoisotopic (exact) mass is 812 g/mol. The summed E-state index contributed by atoms with van der Waals surface area (Å²) in [4.78, 5) is 47.9. The van der Waals surface area contributed by atoms with Crippen molar-refractivity contribution in [3.63, 3.8) is 0 Å². The molecular weight excluding hydrogens is 756 g/mol. The lowest BCUT2D eigenvalue weighted by atomic mass is 10.0. The van der Waals surface area contributed by atoms with Gasteiger partial charge in [-0.3, -0.25) is 9.59 Å². The zero-order valence-corrected chi connectivity index (χ0v) is 35.1. The number of ketones is 1. The van der Waals surface area contributed by atoms with Crippen molar-refractivity contribution < 1.29 is 37.0 Å². The zero-order valence-electron chi connectivity index (χ0n) is 33.5. The Bertz CT molecular complexity index is 1900. The number of sulfonamides is 1. The van der Waals surface area contributed by atoms with Gasteiger partial charge in [0.2, 0.25) is 15.8 Å². The smallest absolute Gasteiger partial charge is 0.338 e. The van der Waals surface area contributed by atoms with Crippen LogP contribution in [0.25, 0.3) is 0 Å². The minimum atomic E-state index is -3.34. The molecule has 0 heterocycles. The fourth-order valence-corrected chi connectivity index (χ4v) is 6.71. The third-order valence-electron chi connectivity index (χ3n) is 9.17. The molecule has 0 aliphatic rings. The number of methoxy groups -OCH3 is 2. The summed E-state index contributed by atoms with van der Waals surface area (Å²) in [6.07, 6.45) is 12.7. The number of aliphatic imine (C=N–C) groups is 1. The van der Waals surface area contributed by atoms with Crippen LogP contribution in [-0.4, -0.2) is 78.5 Å². The van der Waals surface area contributed by atoms with Gasteiger partial charge in [-0.1, -0.05) is 82.4 Å². The van der Waals surface area contributed by atoms with Crippen molar-refractivity contribution in [2.75, 3.05) is 56.9 Å². The average molecular weight is 813 g/mol. The predicted octanol–water partition coefficient (Wildman–Crippen LogP) is 8.71. The standard InChI is InChI=1S/C42H57ClN4O8S/c1-7-9-10-11-12-13-14-15-16-17-27-55-42(50)31-21-23-33(43)35(29-31)46-41(49)39(40(48)38-36(53-4)19-18-20-37(38)54-5)45-34-24-22-32(28-30(34)3)47(8-2)26-25-44-56(6,51)52/h18-24,28-29,44H,7-17,25-27H2,1-6H3,(H,46,49)/b45-39+. The Balaban J connectivity index is 1.84. The van der Waals surface area contributed by atoms with E-state index in [4.69, 9.17) is 25.8 Å². The predicted molar refractivity (Wildman–Crippen MR) is 225 cm³/mol. The highest BCUT2D eigenvalue weighted by molar-refractivity contribution is 7.88. The first-order valence-electron chi connectivity index (χ1n) is 19.3. The Morgan fingerprint density at radius 3 is 2.04 bits per heavy atom. The maximum Gasteiger partial charge on any atom is 0.338 e. The second kappa shape index (κ2) is 23.6. The lowest BCUT2D eigenvalue weighted by Crippen LogP contribution is -2.34. The first kappa shape index (κ1) is 45.9. The molecular formula is C42H57ClN4O8S. The van der Waals surface area contributed by atoms with E-state index >= 15 is 0 Å². The van der Waals surface area contributed by atoms with Crippen LogP contribution in [-0.2, 0) is 19.6 Å². The average Bonchev–Trinajstić information content (AvgIpc) is 3.17. The summed E-state index contributed by atoms with van der Waals surface area (Å²) in [5, 5.41) is 2.82. The summed E-state index contributed by atoms with van der Waals surface area (Å²) in [6.45, 7) is 7.45. The number of amides is 1. The number of hydrogen-bond acceptors (Lipinski definition) is 10. The Kier molecular flexibility index (Phi) is 19.3. The van der Waals surface area contributed by atoms with Crippen LogP contribution in [0.1, 0.15) is 104 Å². The van der Waals surface area contributed by atoms with Crippen LogP contribution >= 0.6 is 11.6 Å². The molecule has 3 aromatic rings.